The van der Waals surface area contributed by atoms with Gasteiger partial charge in [0, 0.05) is 16.2 Å². The Hall–Kier alpha value is -2.35. The highest BCUT2D eigenvalue weighted by molar-refractivity contribution is 8.00. The zero-order valence-corrected chi connectivity index (χ0v) is 15.7. The number of carbonyl (C=O) groups is 1. The molecule has 2 heterocycles. The Kier molecular flexibility index (Phi) is 4.92. The molecule has 0 fully saturated rings. The average molecular weight is 402 g/mol. The van der Waals surface area contributed by atoms with E-state index in [2.05, 4.69) is 27.6 Å². The lowest BCUT2D eigenvalue weighted by Crippen LogP contribution is -2.10. The lowest BCUT2D eigenvalue weighted by Gasteiger charge is -1.97. The van der Waals surface area contributed by atoms with Crippen LogP contribution in [0.25, 0.3) is 11.0 Å². The van der Waals surface area contributed by atoms with Gasteiger partial charge < -0.3 is 4.42 Å². The number of carbonyl (C=O) groups excluding carboxylic acids is 1. The first-order valence-electron chi connectivity index (χ1n) is 7.68. The first-order chi connectivity index (χ1) is 12.7. The normalized spacial score (nSPS) is 11.0. The molecule has 0 aliphatic carbocycles. The number of thioether (sulfide) groups is 1. The predicted octanol–water partition coefficient (Wildman–Crippen LogP) is 5.48. The summed E-state index contributed by atoms with van der Waals surface area (Å²) in [4.78, 5) is 12.4. The van der Waals surface area contributed by atoms with E-state index in [1.165, 1.54) is 16.9 Å². The van der Waals surface area contributed by atoms with Crippen molar-refractivity contribution >= 4 is 56.7 Å². The molecule has 0 atom stereocenters. The number of amides is 1. The molecular formula is C18H12ClN3O2S2. The maximum atomic E-state index is 12.4. The van der Waals surface area contributed by atoms with Gasteiger partial charge in [0.2, 0.25) is 5.13 Å². The van der Waals surface area contributed by atoms with Crippen molar-refractivity contribution in [3.63, 3.8) is 0 Å². The van der Waals surface area contributed by atoms with Crippen molar-refractivity contribution < 1.29 is 9.21 Å². The average Bonchev–Trinajstić information content (AvgIpc) is 3.27. The molecule has 26 heavy (non-hydrogen) atoms. The molecule has 2 aromatic carbocycles. The number of hydrogen-bond acceptors (Lipinski definition) is 6. The van der Waals surface area contributed by atoms with Crippen LogP contribution in [0.5, 0.6) is 0 Å². The fourth-order valence-electron chi connectivity index (χ4n) is 2.32. The van der Waals surface area contributed by atoms with E-state index in [4.69, 9.17) is 16.0 Å². The van der Waals surface area contributed by atoms with E-state index < -0.39 is 0 Å². The Morgan fingerprint density at radius 2 is 2.00 bits per heavy atom. The summed E-state index contributed by atoms with van der Waals surface area (Å²) in [5.74, 6) is 0.636. The van der Waals surface area contributed by atoms with E-state index in [-0.39, 0.29) is 11.7 Å². The fraction of sp³-hybridized carbons (Fsp3) is 0.0556. The molecule has 0 unspecified atom stereocenters. The van der Waals surface area contributed by atoms with Crippen LogP contribution in [0, 0.1) is 0 Å². The maximum Gasteiger partial charge on any atom is 0.293 e. The number of rotatable bonds is 5. The minimum Gasteiger partial charge on any atom is -0.451 e. The molecule has 0 saturated heterocycles. The molecule has 8 heteroatoms. The number of benzene rings is 2. The summed E-state index contributed by atoms with van der Waals surface area (Å²) in [6.07, 6.45) is 0. The maximum absolute atomic E-state index is 12.4. The summed E-state index contributed by atoms with van der Waals surface area (Å²) in [6.45, 7) is 0. The second-order valence-electron chi connectivity index (χ2n) is 5.39. The van der Waals surface area contributed by atoms with Gasteiger partial charge in [-0.3, -0.25) is 10.1 Å². The molecule has 0 saturated carbocycles. The number of furan rings is 1. The number of hydrogen-bond donors (Lipinski definition) is 1. The van der Waals surface area contributed by atoms with Crippen molar-refractivity contribution in [3.8, 4) is 0 Å². The van der Waals surface area contributed by atoms with E-state index in [0.717, 1.165) is 15.5 Å². The Bertz CT molecular complexity index is 1060. The smallest absolute Gasteiger partial charge is 0.293 e. The number of fused-ring (bicyclic) bond motifs is 1. The van der Waals surface area contributed by atoms with Gasteiger partial charge >= 0.3 is 0 Å². The Morgan fingerprint density at radius 3 is 2.85 bits per heavy atom. The third-order valence-corrected chi connectivity index (χ3v) is 5.81. The van der Waals surface area contributed by atoms with Crippen molar-refractivity contribution in [2.45, 2.75) is 10.1 Å². The molecule has 1 N–H and O–H groups in total. The fourth-order valence-corrected chi connectivity index (χ4v) is 4.21. The molecular weight excluding hydrogens is 390 g/mol. The second kappa shape index (κ2) is 7.49. The summed E-state index contributed by atoms with van der Waals surface area (Å²) in [5, 5.41) is 12.6. The summed E-state index contributed by atoms with van der Waals surface area (Å²) in [5.41, 5.74) is 1.81. The molecule has 2 aromatic heterocycles. The molecule has 0 radical (unpaired) electrons. The minimum atomic E-state index is -0.368. The van der Waals surface area contributed by atoms with Gasteiger partial charge in [-0.2, -0.15) is 0 Å². The second-order valence-corrected chi connectivity index (χ2v) is 8.03. The van der Waals surface area contributed by atoms with Crippen molar-refractivity contribution in [2.24, 2.45) is 0 Å². The van der Waals surface area contributed by atoms with Crippen LogP contribution in [-0.4, -0.2) is 16.1 Å². The highest BCUT2D eigenvalue weighted by Crippen LogP contribution is 2.29. The standard InChI is InChI=1S/C18H12ClN3O2S2/c19-13-6-7-14-12(8-13)9-15(24-14)16(23)20-17-21-22-18(26-17)25-10-11-4-2-1-3-5-11/h1-9H,10H2,(H,20,21,23). The van der Waals surface area contributed by atoms with E-state index in [0.29, 0.717) is 15.7 Å². The van der Waals surface area contributed by atoms with Crippen LogP contribution in [0.2, 0.25) is 5.02 Å². The third-order valence-electron chi connectivity index (χ3n) is 3.53. The van der Waals surface area contributed by atoms with Crippen LogP contribution < -0.4 is 5.32 Å². The first kappa shape index (κ1) is 17.1. The third kappa shape index (κ3) is 3.90. The van der Waals surface area contributed by atoms with E-state index in [1.807, 2.05) is 18.2 Å². The van der Waals surface area contributed by atoms with Crippen LogP contribution in [-0.2, 0) is 5.75 Å². The SMILES string of the molecule is O=C(Nc1nnc(SCc2ccccc2)s1)c1cc2cc(Cl)ccc2o1. The Morgan fingerprint density at radius 1 is 1.15 bits per heavy atom. The van der Waals surface area contributed by atoms with Crippen molar-refractivity contribution in [1.29, 1.82) is 0 Å². The topological polar surface area (TPSA) is 68.0 Å². The Balaban J connectivity index is 1.42. The van der Waals surface area contributed by atoms with Crippen molar-refractivity contribution in [2.75, 3.05) is 5.32 Å². The summed E-state index contributed by atoms with van der Waals surface area (Å²) in [7, 11) is 0. The number of anilines is 1. The largest absolute Gasteiger partial charge is 0.451 e. The van der Waals surface area contributed by atoms with Gasteiger partial charge in [0.25, 0.3) is 5.91 Å². The number of nitrogens with zero attached hydrogens (tertiary/aromatic N) is 2. The molecule has 0 aliphatic heterocycles. The predicted molar refractivity (Wildman–Crippen MR) is 105 cm³/mol. The van der Waals surface area contributed by atoms with E-state index >= 15 is 0 Å². The molecule has 5 nitrogen and oxygen atoms in total. The van der Waals surface area contributed by atoms with Gasteiger partial charge in [-0.05, 0) is 29.8 Å². The highest BCUT2D eigenvalue weighted by Gasteiger charge is 2.15. The van der Waals surface area contributed by atoms with Crippen LogP contribution in [0.1, 0.15) is 16.1 Å². The molecule has 1 amide bonds. The van der Waals surface area contributed by atoms with Crippen LogP contribution in [0.3, 0.4) is 0 Å². The number of halogens is 1. The molecule has 0 aliphatic rings. The van der Waals surface area contributed by atoms with Crippen LogP contribution >= 0.6 is 34.7 Å². The molecule has 0 bridgehead atoms. The molecule has 0 spiro atoms. The first-order valence-corrected chi connectivity index (χ1v) is 9.86. The minimum absolute atomic E-state index is 0.205. The summed E-state index contributed by atoms with van der Waals surface area (Å²) < 4.78 is 6.34. The van der Waals surface area contributed by atoms with Crippen LogP contribution in [0.4, 0.5) is 5.13 Å². The summed E-state index contributed by atoms with van der Waals surface area (Å²) >= 11 is 8.86. The zero-order valence-electron chi connectivity index (χ0n) is 13.3. The monoisotopic (exact) mass is 401 g/mol. The van der Waals surface area contributed by atoms with Gasteiger partial charge in [-0.15, -0.1) is 10.2 Å². The molecule has 4 aromatic rings. The van der Waals surface area contributed by atoms with Crippen molar-refractivity contribution in [3.05, 3.63) is 70.9 Å². The van der Waals surface area contributed by atoms with E-state index in [9.17, 15) is 4.79 Å². The van der Waals surface area contributed by atoms with Gasteiger partial charge in [0.1, 0.15) is 5.58 Å². The lowest BCUT2D eigenvalue weighted by atomic mass is 10.2. The highest BCUT2D eigenvalue weighted by atomic mass is 35.5. The van der Waals surface area contributed by atoms with Gasteiger partial charge in [0.15, 0.2) is 10.1 Å². The quantitative estimate of drug-likeness (QED) is 0.354. The van der Waals surface area contributed by atoms with Crippen LogP contribution in [0.15, 0.2) is 63.4 Å². The van der Waals surface area contributed by atoms with Gasteiger partial charge in [-0.1, -0.05) is 65.0 Å². The zero-order chi connectivity index (χ0) is 17.9. The number of nitrogens with one attached hydrogen (secondary N) is 1. The summed E-state index contributed by atoms with van der Waals surface area (Å²) in [6, 6.07) is 17.0. The Labute approximate surface area is 162 Å². The lowest BCUT2D eigenvalue weighted by molar-refractivity contribution is 0.0998. The van der Waals surface area contributed by atoms with Crippen molar-refractivity contribution in [1.82, 2.24) is 10.2 Å². The molecule has 130 valence electrons. The van der Waals surface area contributed by atoms with E-state index in [1.54, 1.807) is 36.0 Å². The molecule has 4 rings (SSSR count). The number of aromatic nitrogens is 2. The van der Waals surface area contributed by atoms with Gasteiger partial charge in [0.05, 0.1) is 0 Å². The van der Waals surface area contributed by atoms with Gasteiger partial charge in [-0.25, -0.2) is 0 Å².